The van der Waals surface area contributed by atoms with E-state index < -0.39 is 5.82 Å². The molecule has 0 N–H and O–H groups in total. The normalized spacial score (nSPS) is 17.4. The Morgan fingerprint density at radius 3 is 2.50 bits per heavy atom. The molecule has 1 aliphatic rings. The van der Waals surface area contributed by atoms with Gasteiger partial charge in [-0.1, -0.05) is 54.1 Å². The third-order valence-corrected chi connectivity index (χ3v) is 5.18. The van der Waals surface area contributed by atoms with Gasteiger partial charge < -0.3 is 4.74 Å². The fourth-order valence-electron chi connectivity index (χ4n) is 3.45. The predicted octanol–water partition coefficient (Wildman–Crippen LogP) is 7.30. The fourth-order valence-corrected chi connectivity index (χ4v) is 3.67. The molecule has 136 valence electrons. The van der Waals surface area contributed by atoms with Crippen LogP contribution >= 0.6 is 11.6 Å². The lowest BCUT2D eigenvalue weighted by atomic mass is 9.86. The maximum absolute atomic E-state index is 14.6. The Hall–Kier alpha value is -2.06. The lowest BCUT2D eigenvalue weighted by molar-refractivity contribution is 0.338. The Kier molecular flexibility index (Phi) is 6.16. The highest BCUT2D eigenvalue weighted by Gasteiger charge is 2.16. The summed E-state index contributed by atoms with van der Waals surface area (Å²) in [7, 11) is 0. The first-order valence-corrected chi connectivity index (χ1v) is 9.55. The van der Waals surface area contributed by atoms with Crippen LogP contribution in [0, 0.1) is 11.7 Å². The maximum Gasteiger partial charge on any atom is 0.153 e. The highest BCUT2D eigenvalue weighted by atomic mass is 35.5. The maximum atomic E-state index is 14.6. The first-order valence-electron chi connectivity index (χ1n) is 9.17. The molecule has 3 heteroatoms. The van der Waals surface area contributed by atoms with Crippen molar-refractivity contribution in [3.8, 4) is 16.9 Å². The number of allylic oxidation sites excluding steroid dienone is 4. The van der Waals surface area contributed by atoms with Crippen LogP contribution in [0.2, 0.25) is 5.02 Å². The molecule has 1 atom stereocenters. The molecular formula is C23H24ClFO. The molecule has 0 bridgehead atoms. The lowest BCUT2D eigenvalue weighted by Gasteiger charge is -2.19. The van der Waals surface area contributed by atoms with Crippen LogP contribution in [0.3, 0.4) is 0 Å². The number of halogens is 2. The van der Waals surface area contributed by atoms with E-state index in [9.17, 15) is 4.39 Å². The summed E-state index contributed by atoms with van der Waals surface area (Å²) in [6.45, 7) is 4.38. The van der Waals surface area contributed by atoms with Crippen LogP contribution in [-0.2, 0) is 0 Å². The van der Waals surface area contributed by atoms with Crippen molar-refractivity contribution in [3.63, 3.8) is 0 Å². The predicted molar refractivity (Wildman–Crippen MR) is 108 cm³/mol. The molecule has 0 saturated carbocycles. The van der Waals surface area contributed by atoms with Crippen LogP contribution in [0.15, 0.2) is 54.6 Å². The minimum Gasteiger partial charge on any atom is -0.492 e. The third-order valence-electron chi connectivity index (χ3n) is 4.83. The van der Waals surface area contributed by atoms with Crippen molar-refractivity contribution in [2.45, 2.75) is 33.1 Å². The highest BCUT2D eigenvalue weighted by molar-refractivity contribution is 6.32. The van der Waals surface area contributed by atoms with Crippen molar-refractivity contribution in [1.82, 2.24) is 0 Å². The second-order valence-electron chi connectivity index (χ2n) is 6.54. The summed E-state index contributed by atoms with van der Waals surface area (Å²) in [4.78, 5) is 0. The molecule has 0 aromatic heterocycles. The molecule has 1 unspecified atom stereocenters. The molecule has 0 spiro atoms. The highest BCUT2D eigenvalue weighted by Crippen LogP contribution is 2.36. The average Bonchev–Trinajstić information content (AvgIpc) is 2.67. The monoisotopic (exact) mass is 370 g/mol. The van der Waals surface area contributed by atoms with Gasteiger partial charge in [0.2, 0.25) is 0 Å². The van der Waals surface area contributed by atoms with Crippen LogP contribution in [0.5, 0.6) is 5.75 Å². The van der Waals surface area contributed by atoms with Crippen molar-refractivity contribution in [2.24, 2.45) is 5.92 Å². The Balaban J connectivity index is 1.81. The van der Waals surface area contributed by atoms with E-state index in [1.165, 1.54) is 17.6 Å². The summed E-state index contributed by atoms with van der Waals surface area (Å²) in [5.74, 6) is 0.606. The summed E-state index contributed by atoms with van der Waals surface area (Å²) in [6.07, 6.45) is 10.1. The van der Waals surface area contributed by atoms with E-state index in [1.807, 2.05) is 19.1 Å². The SMILES string of the molecule is CC=CC1CC=C(c2ccc(-c3ccc(OCC)c(Cl)c3F)cc2)CC1. The zero-order valence-corrected chi connectivity index (χ0v) is 16.0. The second kappa shape index (κ2) is 8.55. The number of hydrogen-bond donors (Lipinski definition) is 0. The summed E-state index contributed by atoms with van der Waals surface area (Å²) in [5.41, 5.74) is 3.91. The zero-order chi connectivity index (χ0) is 18.5. The van der Waals surface area contributed by atoms with E-state index >= 15 is 0 Å². The molecule has 0 amide bonds. The summed E-state index contributed by atoms with van der Waals surface area (Å²) in [5, 5.41) is 0.0402. The molecule has 0 aliphatic heterocycles. The van der Waals surface area contributed by atoms with Crippen LogP contribution in [-0.4, -0.2) is 6.61 Å². The molecule has 0 fully saturated rings. The summed E-state index contributed by atoms with van der Waals surface area (Å²) < 4.78 is 20.0. The van der Waals surface area contributed by atoms with Gasteiger partial charge in [0, 0.05) is 5.56 Å². The van der Waals surface area contributed by atoms with Gasteiger partial charge in [0.05, 0.1) is 6.61 Å². The van der Waals surface area contributed by atoms with Crippen molar-refractivity contribution < 1.29 is 9.13 Å². The van der Waals surface area contributed by atoms with Gasteiger partial charge in [-0.05, 0) is 67.9 Å². The van der Waals surface area contributed by atoms with Crippen molar-refractivity contribution in [1.29, 1.82) is 0 Å². The number of ether oxygens (including phenoxy) is 1. The van der Waals surface area contributed by atoms with E-state index in [2.05, 4.69) is 37.3 Å². The molecule has 0 saturated heterocycles. The average molecular weight is 371 g/mol. The molecule has 3 rings (SSSR count). The Bertz CT molecular complexity index is 821. The van der Waals surface area contributed by atoms with E-state index in [-0.39, 0.29) is 5.02 Å². The Morgan fingerprint density at radius 1 is 1.15 bits per heavy atom. The fraction of sp³-hybridized carbons (Fsp3) is 0.304. The Morgan fingerprint density at radius 2 is 1.88 bits per heavy atom. The van der Waals surface area contributed by atoms with E-state index in [1.54, 1.807) is 12.1 Å². The minimum atomic E-state index is -0.434. The van der Waals surface area contributed by atoms with Crippen LogP contribution in [0.25, 0.3) is 16.7 Å². The van der Waals surface area contributed by atoms with Crippen LogP contribution in [0.4, 0.5) is 4.39 Å². The number of rotatable bonds is 5. The lowest BCUT2D eigenvalue weighted by Crippen LogP contribution is -2.02. The molecule has 26 heavy (non-hydrogen) atoms. The van der Waals surface area contributed by atoms with Gasteiger partial charge in [0.25, 0.3) is 0 Å². The molecule has 0 radical (unpaired) electrons. The van der Waals surface area contributed by atoms with Gasteiger partial charge in [-0.2, -0.15) is 0 Å². The summed E-state index contributed by atoms with van der Waals surface area (Å²) >= 11 is 6.10. The standard InChI is InChI=1S/C23H24ClFO/c1-3-5-16-6-8-17(9-7-16)18-10-12-19(13-11-18)20-14-15-21(26-4-2)22(24)23(20)25/h3,5,8,10-16H,4,6-7,9H2,1-2H3. The number of benzene rings is 2. The van der Waals surface area contributed by atoms with E-state index in [4.69, 9.17) is 16.3 Å². The quantitative estimate of drug-likeness (QED) is 0.501. The molecule has 2 aromatic carbocycles. The minimum absolute atomic E-state index is 0.0402. The smallest absolute Gasteiger partial charge is 0.153 e. The zero-order valence-electron chi connectivity index (χ0n) is 15.3. The molecule has 0 heterocycles. The molecule has 1 aliphatic carbocycles. The molecule has 1 nitrogen and oxygen atoms in total. The van der Waals surface area contributed by atoms with Gasteiger partial charge in [-0.25, -0.2) is 4.39 Å². The van der Waals surface area contributed by atoms with Gasteiger partial charge in [0.15, 0.2) is 5.82 Å². The number of hydrogen-bond acceptors (Lipinski definition) is 1. The van der Waals surface area contributed by atoms with E-state index in [0.29, 0.717) is 23.8 Å². The molecular weight excluding hydrogens is 347 g/mol. The van der Waals surface area contributed by atoms with E-state index in [0.717, 1.165) is 18.4 Å². The Labute approximate surface area is 160 Å². The first-order chi connectivity index (χ1) is 12.6. The van der Waals surface area contributed by atoms with Crippen molar-refractivity contribution in [2.75, 3.05) is 6.61 Å². The van der Waals surface area contributed by atoms with Crippen molar-refractivity contribution in [3.05, 3.63) is 71.0 Å². The van der Waals surface area contributed by atoms with Crippen LogP contribution < -0.4 is 4.74 Å². The first kappa shape index (κ1) is 18.7. The van der Waals surface area contributed by atoms with Crippen LogP contribution in [0.1, 0.15) is 38.7 Å². The summed E-state index contributed by atoms with van der Waals surface area (Å²) in [6, 6.07) is 11.5. The van der Waals surface area contributed by atoms with Gasteiger partial charge in [-0.3, -0.25) is 0 Å². The topological polar surface area (TPSA) is 9.23 Å². The van der Waals surface area contributed by atoms with Crippen molar-refractivity contribution >= 4 is 17.2 Å². The largest absolute Gasteiger partial charge is 0.492 e. The second-order valence-corrected chi connectivity index (χ2v) is 6.92. The van der Waals surface area contributed by atoms with Gasteiger partial charge in [-0.15, -0.1) is 0 Å². The molecule has 2 aromatic rings. The third kappa shape index (κ3) is 4.02. The van der Waals surface area contributed by atoms with Gasteiger partial charge in [0.1, 0.15) is 10.8 Å². The van der Waals surface area contributed by atoms with Gasteiger partial charge >= 0.3 is 0 Å².